The Kier molecular flexibility index (Phi) is 4.22. The lowest BCUT2D eigenvalue weighted by atomic mass is 9.48. The Morgan fingerprint density at radius 2 is 1.71 bits per heavy atom. The van der Waals surface area contributed by atoms with Crippen LogP contribution < -0.4 is 15.5 Å². The van der Waals surface area contributed by atoms with Gasteiger partial charge in [0.05, 0.1) is 0 Å². The van der Waals surface area contributed by atoms with Crippen molar-refractivity contribution in [1.82, 2.24) is 5.32 Å². The number of urea groups is 1. The van der Waals surface area contributed by atoms with Crippen LogP contribution in [0.5, 0.6) is 0 Å². The number of nitrogens with one attached hydrogen (secondary N) is 2. The standard InChI is InChI=1S/C23H29N3O2/c1-15(23-12-16-9-17(13-23)11-18(10-16)14-23)8-21(27)25-19-2-4-20(5-3-19)26-7-6-24-22(26)28/h2-5,8,16-18H,6-7,9-14H2,1H3,(H,24,28)(H,25,27)/b15-8-. The van der Waals surface area contributed by atoms with E-state index in [0.29, 0.717) is 13.1 Å². The second-order valence-corrected chi connectivity index (χ2v) is 9.44. The molecular formula is C23H29N3O2. The highest BCUT2D eigenvalue weighted by Gasteiger charge is 2.51. The normalized spacial score (nSPS) is 33.9. The lowest BCUT2D eigenvalue weighted by Crippen LogP contribution is -2.46. The second-order valence-electron chi connectivity index (χ2n) is 9.44. The van der Waals surface area contributed by atoms with E-state index < -0.39 is 0 Å². The van der Waals surface area contributed by atoms with Gasteiger partial charge in [-0.3, -0.25) is 9.69 Å². The molecule has 1 saturated heterocycles. The van der Waals surface area contributed by atoms with E-state index in [1.54, 1.807) is 4.90 Å². The van der Waals surface area contributed by atoms with E-state index in [9.17, 15) is 9.59 Å². The Morgan fingerprint density at radius 1 is 1.11 bits per heavy atom. The fourth-order valence-electron chi connectivity index (χ4n) is 6.56. The fourth-order valence-corrected chi connectivity index (χ4v) is 6.56. The molecule has 0 aromatic heterocycles. The third kappa shape index (κ3) is 3.11. The molecule has 148 valence electrons. The number of carbonyl (C=O) groups is 2. The quantitative estimate of drug-likeness (QED) is 0.766. The van der Waals surface area contributed by atoms with Gasteiger partial charge in [-0.05, 0) is 92.9 Å². The van der Waals surface area contributed by atoms with Crippen molar-refractivity contribution < 1.29 is 9.59 Å². The van der Waals surface area contributed by atoms with E-state index >= 15 is 0 Å². The molecule has 1 aromatic rings. The molecule has 4 aliphatic carbocycles. The van der Waals surface area contributed by atoms with Crippen LogP contribution >= 0.6 is 0 Å². The van der Waals surface area contributed by atoms with Crippen molar-refractivity contribution in [1.29, 1.82) is 0 Å². The minimum atomic E-state index is -0.0640. The van der Waals surface area contributed by atoms with Crippen LogP contribution in [0, 0.1) is 23.2 Å². The number of benzene rings is 1. The predicted octanol–water partition coefficient (Wildman–Crippen LogP) is 4.32. The summed E-state index contributed by atoms with van der Waals surface area (Å²) >= 11 is 0. The summed E-state index contributed by atoms with van der Waals surface area (Å²) in [5.74, 6) is 2.61. The topological polar surface area (TPSA) is 61.4 Å². The molecular weight excluding hydrogens is 350 g/mol. The number of rotatable bonds is 4. The number of carbonyl (C=O) groups excluding carboxylic acids is 2. The molecule has 0 unspecified atom stereocenters. The highest BCUT2D eigenvalue weighted by Crippen LogP contribution is 2.62. The summed E-state index contributed by atoms with van der Waals surface area (Å²) in [5.41, 5.74) is 3.17. The predicted molar refractivity (Wildman–Crippen MR) is 110 cm³/mol. The molecule has 0 spiro atoms. The highest BCUT2D eigenvalue weighted by molar-refractivity contribution is 6.00. The molecule has 1 aromatic carbocycles. The monoisotopic (exact) mass is 379 g/mol. The van der Waals surface area contributed by atoms with E-state index in [0.717, 1.165) is 29.1 Å². The second kappa shape index (κ2) is 6.64. The molecule has 2 N–H and O–H groups in total. The minimum absolute atomic E-state index is 0.0417. The van der Waals surface area contributed by atoms with Crippen LogP contribution in [0.25, 0.3) is 0 Å². The lowest BCUT2D eigenvalue weighted by Gasteiger charge is -2.57. The molecule has 5 heteroatoms. The average Bonchev–Trinajstić information content (AvgIpc) is 3.07. The zero-order chi connectivity index (χ0) is 19.3. The number of anilines is 2. The first-order valence-corrected chi connectivity index (χ1v) is 10.7. The summed E-state index contributed by atoms with van der Waals surface area (Å²) in [6, 6.07) is 7.44. The van der Waals surface area contributed by atoms with Gasteiger partial charge in [-0.2, -0.15) is 0 Å². The first kappa shape index (κ1) is 17.8. The van der Waals surface area contributed by atoms with Gasteiger partial charge in [-0.25, -0.2) is 4.79 Å². The highest BCUT2D eigenvalue weighted by atomic mass is 16.2. The number of allylic oxidation sites excluding steroid dienone is 1. The zero-order valence-corrected chi connectivity index (χ0v) is 16.5. The molecule has 1 aliphatic heterocycles. The van der Waals surface area contributed by atoms with Crippen LogP contribution in [0.4, 0.5) is 16.2 Å². The first-order valence-electron chi connectivity index (χ1n) is 10.7. The lowest BCUT2D eigenvalue weighted by molar-refractivity contribution is -0.112. The smallest absolute Gasteiger partial charge is 0.321 e. The van der Waals surface area contributed by atoms with Crippen molar-refractivity contribution in [2.24, 2.45) is 23.2 Å². The first-order chi connectivity index (χ1) is 13.5. The summed E-state index contributed by atoms with van der Waals surface area (Å²) in [6.45, 7) is 3.52. The zero-order valence-electron chi connectivity index (χ0n) is 16.5. The van der Waals surface area contributed by atoms with Crippen LogP contribution in [-0.4, -0.2) is 25.0 Å². The molecule has 5 aliphatic rings. The summed E-state index contributed by atoms with van der Waals surface area (Å²) in [7, 11) is 0. The number of nitrogens with zero attached hydrogens (tertiary/aromatic N) is 1. The van der Waals surface area contributed by atoms with Crippen LogP contribution in [0.2, 0.25) is 0 Å². The largest absolute Gasteiger partial charge is 0.336 e. The summed E-state index contributed by atoms with van der Waals surface area (Å²) in [5, 5.41) is 5.80. The van der Waals surface area contributed by atoms with E-state index in [2.05, 4.69) is 17.6 Å². The Balaban J connectivity index is 1.26. The van der Waals surface area contributed by atoms with Crippen molar-refractivity contribution in [2.75, 3.05) is 23.3 Å². The number of hydrogen-bond donors (Lipinski definition) is 2. The van der Waals surface area contributed by atoms with Crippen molar-refractivity contribution >= 4 is 23.3 Å². The van der Waals surface area contributed by atoms with Gasteiger partial charge in [-0.1, -0.05) is 5.57 Å². The molecule has 1 heterocycles. The van der Waals surface area contributed by atoms with Gasteiger partial charge >= 0.3 is 6.03 Å². The maximum absolute atomic E-state index is 12.6. The van der Waals surface area contributed by atoms with Gasteiger partial charge < -0.3 is 10.6 Å². The molecule has 6 rings (SSSR count). The van der Waals surface area contributed by atoms with Gasteiger partial charge in [-0.15, -0.1) is 0 Å². The van der Waals surface area contributed by atoms with Gasteiger partial charge in [0.2, 0.25) is 5.91 Å². The summed E-state index contributed by atoms with van der Waals surface area (Å²) < 4.78 is 0. The van der Waals surface area contributed by atoms with Crippen molar-refractivity contribution in [3.63, 3.8) is 0 Å². The van der Waals surface area contributed by atoms with Crippen LogP contribution in [0.15, 0.2) is 35.9 Å². The van der Waals surface area contributed by atoms with Crippen molar-refractivity contribution in [3.05, 3.63) is 35.9 Å². The Hall–Kier alpha value is -2.30. The van der Waals surface area contributed by atoms with E-state index in [-0.39, 0.29) is 17.4 Å². The molecule has 3 amide bonds. The van der Waals surface area contributed by atoms with E-state index in [1.165, 1.54) is 44.1 Å². The molecule has 5 nitrogen and oxygen atoms in total. The Labute approximate surface area is 166 Å². The third-order valence-corrected chi connectivity index (χ3v) is 7.53. The minimum Gasteiger partial charge on any atom is -0.336 e. The van der Waals surface area contributed by atoms with E-state index in [1.807, 2.05) is 30.3 Å². The van der Waals surface area contributed by atoms with Gasteiger partial charge in [0.25, 0.3) is 0 Å². The van der Waals surface area contributed by atoms with Crippen LogP contribution in [0.1, 0.15) is 45.4 Å². The summed E-state index contributed by atoms with van der Waals surface area (Å²) in [4.78, 5) is 26.1. The maximum atomic E-state index is 12.6. The molecule has 4 bridgehead atoms. The molecule has 5 fully saturated rings. The van der Waals surface area contributed by atoms with Crippen molar-refractivity contribution in [3.8, 4) is 0 Å². The SMILES string of the molecule is C/C(=C/C(=O)Nc1ccc(N2CCNC2=O)cc1)C12CC3CC(CC(C3)C1)C2. The van der Waals surface area contributed by atoms with E-state index in [4.69, 9.17) is 0 Å². The van der Waals surface area contributed by atoms with Gasteiger partial charge in [0.15, 0.2) is 0 Å². The van der Waals surface area contributed by atoms with Gasteiger partial charge in [0.1, 0.15) is 0 Å². The molecule has 28 heavy (non-hydrogen) atoms. The third-order valence-electron chi connectivity index (χ3n) is 7.53. The number of amides is 3. The fraction of sp³-hybridized carbons (Fsp3) is 0.565. The van der Waals surface area contributed by atoms with Crippen LogP contribution in [-0.2, 0) is 4.79 Å². The Morgan fingerprint density at radius 3 is 2.25 bits per heavy atom. The average molecular weight is 380 g/mol. The number of hydrogen-bond acceptors (Lipinski definition) is 2. The molecule has 4 saturated carbocycles. The van der Waals surface area contributed by atoms with Crippen LogP contribution in [0.3, 0.4) is 0 Å². The Bertz CT molecular complexity index is 791. The van der Waals surface area contributed by atoms with Gasteiger partial charge in [0, 0.05) is 30.5 Å². The van der Waals surface area contributed by atoms with Crippen molar-refractivity contribution in [2.45, 2.75) is 45.4 Å². The summed E-state index contributed by atoms with van der Waals surface area (Å²) in [6.07, 6.45) is 9.93. The molecule has 0 radical (unpaired) electrons. The maximum Gasteiger partial charge on any atom is 0.321 e. The molecule has 0 atom stereocenters.